The molecule has 0 N–H and O–H groups in total. The monoisotopic (exact) mass is 299 g/mol. The first kappa shape index (κ1) is 13.6. The molecule has 4 rings (SSSR count). The maximum Gasteiger partial charge on any atom is 0.220 e. The summed E-state index contributed by atoms with van der Waals surface area (Å²) in [5.41, 5.74) is 5.38. The highest BCUT2D eigenvalue weighted by atomic mass is 15.2. The molecule has 2 aromatic carbocycles. The molecular weight excluding hydrogens is 282 g/mol. The van der Waals surface area contributed by atoms with E-state index < -0.39 is 0 Å². The Balaban J connectivity index is 2.22. The Morgan fingerprint density at radius 2 is 1.70 bits per heavy atom. The average Bonchev–Trinajstić information content (AvgIpc) is 3.11. The van der Waals surface area contributed by atoms with Crippen molar-refractivity contribution in [1.82, 2.24) is 14.0 Å². The second-order valence-corrected chi connectivity index (χ2v) is 5.38. The number of hydrogen-bond donors (Lipinski definition) is 0. The summed E-state index contributed by atoms with van der Waals surface area (Å²) in [5.74, 6) is 0.906. The Kier molecular flexibility index (Phi) is 3.12. The van der Waals surface area contributed by atoms with Crippen molar-refractivity contribution >= 4 is 33.5 Å². The third-order valence-corrected chi connectivity index (χ3v) is 4.03. The largest absolute Gasteiger partial charge is 0.278 e. The summed E-state index contributed by atoms with van der Waals surface area (Å²) in [7, 11) is 0. The average molecular weight is 299 g/mol. The van der Waals surface area contributed by atoms with Gasteiger partial charge in [-0.25, -0.2) is 4.98 Å². The Labute approximate surface area is 134 Å². The van der Waals surface area contributed by atoms with Crippen LogP contribution in [0, 0.1) is 0 Å². The van der Waals surface area contributed by atoms with E-state index in [0.717, 1.165) is 33.5 Å². The van der Waals surface area contributed by atoms with Crippen LogP contribution in [0.1, 0.15) is 6.92 Å². The van der Waals surface area contributed by atoms with Crippen molar-refractivity contribution in [3.8, 4) is 0 Å². The quantitative estimate of drug-likeness (QED) is 0.485. The lowest BCUT2D eigenvalue weighted by molar-refractivity contribution is 1.15. The zero-order chi connectivity index (χ0) is 15.8. The van der Waals surface area contributed by atoms with E-state index in [2.05, 4.69) is 52.0 Å². The Morgan fingerprint density at radius 3 is 2.43 bits per heavy atom. The normalized spacial score (nSPS) is 12.8. The van der Waals surface area contributed by atoms with E-state index in [1.54, 1.807) is 0 Å². The molecule has 0 aliphatic heterocycles. The van der Waals surface area contributed by atoms with Gasteiger partial charge in [-0.3, -0.25) is 8.97 Å². The van der Waals surface area contributed by atoms with Crippen LogP contribution in [-0.4, -0.2) is 14.0 Å². The molecule has 23 heavy (non-hydrogen) atoms. The van der Waals surface area contributed by atoms with Crippen LogP contribution in [0.25, 0.3) is 33.5 Å². The van der Waals surface area contributed by atoms with Gasteiger partial charge in [-0.15, -0.1) is 0 Å². The van der Waals surface area contributed by atoms with E-state index >= 15 is 0 Å². The van der Waals surface area contributed by atoms with Crippen molar-refractivity contribution in [2.24, 2.45) is 0 Å². The minimum atomic E-state index is 0.906. The Bertz CT molecular complexity index is 1090. The highest BCUT2D eigenvalue weighted by Gasteiger charge is 2.16. The van der Waals surface area contributed by atoms with Crippen LogP contribution in [0.15, 0.2) is 79.4 Å². The summed E-state index contributed by atoms with van der Waals surface area (Å²) in [6.07, 6.45) is 7.95. The van der Waals surface area contributed by atoms with Crippen LogP contribution >= 0.6 is 0 Å². The van der Waals surface area contributed by atoms with E-state index in [1.807, 2.05) is 43.4 Å². The number of aromatic nitrogens is 3. The maximum atomic E-state index is 4.84. The van der Waals surface area contributed by atoms with Crippen molar-refractivity contribution in [2.45, 2.75) is 6.92 Å². The number of hydrogen-bond acceptors (Lipinski definition) is 1. The van der Waals surface area contributed by atoms with Gasteiger partial charge in [-0.05, 0) is 43.3 Å². The highest BCUT2D eigenvalue weighted by molar-refractivity contribution is 5.93. The molecule has 112 valence electrons. The van der Waals surface area contributed by atoms with Crippen LogP contribution in [-0.2, 0) is 0 Å². The molecule has 0 saturated carbocycles. The van der Waals surface area contributed by atoms with Gasteiger partial charge in [0.1, 0.15) is 0 Å². The Hall–Kier alpha value is -3.07. The lowest BCUT2D eigenvalue weighted by Crippen LogP contribution is -1.95. The SMILES string of the molecule is C=C/C(=C\C=C/C)n1c2ccccc2n2c3ccccc3nc12. The van der Waals surface area contributed by atoms with Crippen molar-refractivity contribution in [2.75, 3.05) is 0 Å². The van der Waals surface area contributed by atoms with Crippen LogP contribution in [0.5, 0.6) is 0 Å². The summed E-state index contributed by atoms with van der Waals surface area (Å²) >= 11 is 0. The molecule has 0 radical (unpaired) electrons. The van der Waals surface area contributed by atoms with Crippen LogP contribution in [0.3, 0.4) is 0 Å². The molecule has 0 unspecified atom stereocenters. The third-order valence-electron chi connectivity index (χ3n) is 4.03. The van der Waals surface area contributed by atoms with E-state index in [9.17, 15) is 0 Å². The number of benzene rings is 2. The standard InChI is InChI=1S/C20H17N3/c1-3-5-10-15(4-2)22-18-13-8-9-14-19(18)23-17-12-7-6-11-16(17)21-20(22)23/h3-14H,2H2,1H3/b5-3-,15-10+. The first-order chi connectivity index (χ1) is 11.3. The lowest BCUT2D eigenvalue weighted by atomic mass is 10.2. The van der Waals surface area contributed by atoms with Crippen LogP contribution in [0.2, 0.25) is 0 Å². The van der Waals surface area contributed by atoms with Crippen LogP contribution < -0.4 is 0 Å². The first-order valence-electron chi connectivity index (χ1n) is 7.67. The van der Waals surface area contributed by atoms with Gasteiger partial charge >= 0.3 is 0 Å². The smallest absolute Gasteiger partial charge is 0.220 e. The summed E-state index contributed by atoms with van der Waals surface area (Å²) in [6.45, 7) is 5.98. The van der Waals surface area contributed by atoms with Crippen molar-refractivity contribution in [3.05, 3.63) is 79.4 Å². The van der Waals surface area contributed by atoms with E-state index in [0.29, 0.717) is 0 Å². The lowest BCUT2D eigenvalue weighted by Gasteiger charge is -2.04. The minimum absolute atomic E-state index is 0.906. The van der Waals surface area contributed by atoms with Gasteiger partial charge in [0.05, 0.1) is 22.1 Å². The van der Waals surface area contributed by atoms with Gasteiger partial charge in [-0.2, -0.15) is 0 Å². The molecule has 0 aliphatic carbocycles. The predicted molar refractivity (Wildman–Crippen MR) is 97.5 cm³/mol. The number of rotatable bonds is 3. The summed E-state index contributed by atoms with van der Waals surface area (Å²) in [5, 5.41) is 0. The second kappa shape index (κ2) is 5.29. The second-order valence-electron chi connectivity index (χ2n) is 5.38. The number of nitrogens with zero attached hydrogens (tertiary/aromatic N) is 3. The zero-order valence-corrected chi connectivity index (χ0v) is 13.0. The van der Waals surface area contributed by atoms with Gasteiger partial charge in [0, 0.05) is 5.70 Å². The fraction of sp³-hybridized carbons (Fsp3) is 0.0500. The maximum absolute atomic E-state index is 4.84. The van der Waals surface area contributed by atoms with Gasteiger partial charge in [-0.1, -0.05) is 43.0 Å². The minimum Gasteiger partial charge on any atom is -0.278 e. The number of allylic oxidation sites excluding steroid dienone is 5. The first-order valence-corrected chi connectivity index (χ1v) is 7.67. The van der Waals surface area contributed by atoms with Crippen LogP contribution in [0.4, 0.5) is 0 Å². The molecule has 0 bridgehead atoms. The number of fused-ring (bicyclic) bond motifs is 5. The molecule has 4 aromatic rings. The number of imidazole rings is 2. The summed E-state index contributed by atoms with van der Waals surface area (Å²) in [4.78, 5) is 4.84. The molecule has 2 heterocycles. The Morgan fingerprint density at radius 1 is 1.00 bits per heavy atom. The van der Waals surface area contributed by atoms with Crippen molar-refractivity contribution < 1.29 is 0 Å². The fourth-order valence-corrected chi connectivity index (χ4v) is 3.03. The zero-order valence-electron chi connectivity index (χ0n) is 13.0. The topological polar surface area (TPSA) is 22.2 Å². The van der Waals surface area contributed by atoms with Crippen molar-refractivity contribution in [3.63, 3.8) is 0 Å². The highest BCUT2D eigenvalue weighted by Crippen LogP contribution is 2.28. The molecule has 0 fully saturated rings. The number of para-hydroxylation sites is 4. The molecule has 0 spiro atoms. The molecule has 3 nitrogen and oxygen atoms in total. The van der Waals surface area contributed by atoms with Crippen molar-refractivity contribution in [1.29, 1.82) is 0 Å². The van der Waals surface area contributed by atoms with E-state index in [-0.39, 0.29) is 0 Å². The predicted octanol–water partition coefficient (Wildman–Crippen LogP) is 5.05. The molecule has 0 aliphatic rings. The van der Waals surface area contributed by atoms with Gasteiger partial charge in [0.15, 0.2) is 0 Å². The fourth-order valence-electron chi connectivity index (χ4n) is 3.03. The molecular formula is C20H17N3. The summed E-state index contributed by atoms with van der Waals surface area (Å²) in [6, 6.07) is 16.6. The molecule has 3 heteroatoms. The molecule has 0 atom stereocenters. The van der Waals surface area contributed by atoms with E-state index in [4.69, 9.17) is 4.98 Å². The van der Waals surface area contributed by atoms with Gasteiger partial charge < -0.3 is 0 Å². The van der Waals surface area contributed by atoms with Gasteiger partial charge in [0.25, 0.3) is 0 Å². The van der Waals surface area contributed by atoms with Gasteiger partial charge in [0.2, 0.25) is 5.78 Å². The third kappa shape index (κ3) is 1.94. The summed E-state index contributed by atoms with van der Waals surface area (Å²) < 4.78 is 4.36. The molecule has 2 aromatic heterocycles. The molecule has 0 amide bonds. The van der Waals surface area contributed by atoms with E-state index in [1.165, 1.54) is 0 Å². The molecule has 0 saturated heterocycles.